The van der Waals surface area contributed by atoms with Gasteiger partial charge in [0.1, 0.15) is 17.7 Å². The number of nitrogens with zero attached hydrogens (tertiary/aromatic N) is 3. The number of halogens is 1. The molecule has 1 aliphatic rings. The maximum Gasteiger partial charge on any atom is 0.324 e. The van der Waals surface area contributed by atoms with Crippen LogP contribution in [-0.4, -0.2) is 50.5 Å². The Morgan fingerprint density at radius 3 is 2.86 bits per heavy atom. The van der Waals surface area contributed by atoms with Crippen LogP contribution in [0.5, 0.6) is 0 Å². The molecule has 0 saturated carbocycles. The number of aromatic nitrogens is 3. The molecule has 2 heterocycles. The molecule has 0 spiro atoms. The fourth-order valence-corrected chi connectivity index (χ4v) is 3.05. The Kier molecular flexibility index (Phi) is 6.20. The van der Waals surface area contributed by atoms with Crippen LogP contribution in [-0.2, 0) is 22.4 Å². The summed E-state index contributed by atoms with van der Waals surface area (Å²) in [5.41, 5.74) is 0.675. The highest BCUT2D eigenvalue weighted by Crippen LogP contribution is 2.13. The molecule has 0 unspecified atom stereocenters. The van der Waals surface area contributed by atoms with Crippen LogP contribution in [0, 0.1) is 11.7 Å². The average molecular weight is 402 g/mol. The topological polar surface area (TPSA) is 120 Å². The molecule has 1 atom stereocenters. The van der Waals surface area contributed by atoms with Gasteiger partial charge in [0, 0.05) is 13.0 Å². The number of anilines is 1. The van der Waals surface area contributed by atoms with Gasteiger partial charge in [0.15, 0.2) is 0 Å². The monoisotopic (exact) mass is 402 g/mol. The molecule has 1 aromatic carbocycles. The Morgan fingerprint density at radius 2 is 2.14 bits per heavy atom. The highest BCUT2D eigenvalue weighted by molar-refractivity contribution is 6.06. The second kappa shape index (κ2) is 8.80. The SMILES string of the molecule is CC(C)Cc1nc(NC(=O)C[C@H]2NC(=O)N(CCc3cccc(F)c3)C2=O)n[nH]1. The molecular formula is C19H23FN6O3. The lowest BCUT2D eigenvalue weighted by atomic mass is 10.1. The molecule has 4 amide bonds. The Morgan fingerprint density at radius 1 is 1.34 bits per heavy atom. The van der Waals surface area contributed by atoms with E-state index in [0.29, 0.717) is 30.1 Å². The van der Waals surface area contributed by atoms with Crippen LogP contribution in [0.2, 0.25) is 0 Å². The van der Waals surface area contributed by atoms with Gasteiger partial charge in [0.2, 0.25) is 11.9 Å². The molecule has 29 heavy (non-hydrogen) atoms. The fourth-order valence-electron chi connectivity index (χ4n) is 3.05. The van der Waals surface area contributed by atoms with Crippen LogP contribution in [0.1, 0.15) is 31.7 Å². The zero-order valence-corrected chi connectivity index (χ0v) is 16.2. The van der Waals surface area contributed by atoms with Crippen LogP contribution < -0.4 is 10.6 Å². The number of hydrogen-bond acceptors (Lipinski definition) is 5. The number of nitrogens with one attached hydrogen (secondary N) is 3. The molecule has 1 aromatic heterocycles. The highest BCUT2D eigenvalue weighted by Gasteiger charge is 2.38. The van der Waals surface area contributed by atoms with Gasteiger partial charge in [-0.2, -0.15) is 4.98 Å². The fraction of sp³-hybridized carbons (Fsp3) is 0.421. The van der Waals surface area contributed by atoms with Crippen LogP contribution >= 0.6 is 0 Å². The molecule has 3 rings (SSSR count). The first-order valence-corrected chi connectivity index (χ1v) is 9.39. The van der Waals surface area contributed by atoms with Crippen molar-refractivity contribution >= 4 is 23.8 Å². The lowest BCUT2D eigenvalue weighted by Gasteiger charge is -2.13. The average Bonchev–Trinajstić information content (AvgIpc) is 3.17. The van der Waals surface area contributed by atoms with E-state index in [-0.39, 0.29) is 24.7 Å². The molecule has 1 fully saturated rings. The number of carbonyl (C=O) groups is 3. The second-order valence-corrected chi connectivity index (χ2v) is 7.33. The number of imide groups is 1. The maximum absolute atomic E-state index is 13.3. The predicted molar refractivity (Wildman–Crippen MR) is 102 cm³/mol. The third-order valence-corrected chi connectivity index (χ3v) is 4.39. The minimum Gasteiger partial charge on any atom is -0.325 e. The summed E-state index contributed by atoms with van der Waals surface area (Å²) in [5, 5.41) is 11.7. The van der Waals surface area contributed by atoms with Gasteiger partial charge < -0.3 is 5.32 Å². The van der Waals surface area contributed by atoms with Crippen LogP contribution in [0.15, 0.2) is 24.3 Å². The molecule has 1 aliphatic heterocycles. The van der Waals surface area contributed by atoms with E-state index >= 15 is 0 Å². The van der Waals surface area contributed by atoms with E-state index < -0.39 is 23.9 Å². The first-order valence-electron chi connectivity index (χ1n) is 9.39. The third kappa shape index (κ3) is 5.37. The number of aromatic amines is 1. The lowest BCUT2D eigenvalue weighted by molar-refractivity contribution is -0.129. The molecule has 1 saturated heterocycles. The number of rotatable bonds is 8. The summed E-state index contributed by atoms with van der Waals surface area (Å²) in [7, 11) is 0. The van der Waals surface area contributed by atoms with Crippen molar-refractivity contribution in [2.75, 3.05) is 11.9 Å². The number of hydrogen-bond donors (Lipinski definition) is 3. The summed E-state index contributed by atoms with van der Waals surface area (Å²) in [5.74, 6) is -0.175. The summed E-state index contributed by atoms with van der Waals surface area (Å²) < 4.78 is 13.3. The van der Waals surface area contributed by atoms with Crippen LogP contribution in [0.4, 0.5) is 15.1 Å². The van der Waals surface area contributed by atoms with Crippen molar-refractivity contribution in [3.8, 4) is 0 Å². The van der Waals surface area contributed by atoms with Gasteiger partial charge in [0.05, 0.1) is 6.42 Å². The standard InChI is InChI=1S/C19H23FN6O3/c1-11(2)8-15-22-18(25-24-15)23-16(27)10-14-17(28)26(19(29)21-14)7-6-12-4-3-5-13(20)9-12/h3-5,9,11,14H,6-8,10H2,1-2H3,(H,21,29)(H2,22,23,24,25,27)/t14-/m1/s1. The second-order valence-electron chi connectivity index (χ2n) is 7.33. The first kappa shape index (κ1) is 20.4. The van der Waals surface area contributed by atoms with Gasteiger partial charge in [0.25, 0.3) is 5.91 Å². The van der Waals surface area contributed by atoms with Crippen molar-refractivity contribution in [2.45, 2.75) is 39.2 Å². The summed E-state index contributed by atoms with van der Waals surface area (Å²) in [4.78, 5) is 42.0. The molecule has 10 heteroatoms. The van der Waals surface area contributed by atoms with Crippen molar-refractivity contribution in [1.82, 2.24) is 25.4 Å². The van der Waals surface area contributed by atoms with Crippen LogP contribution in [0.25, 0.3) is 0 Å². The van der Waals surface area contributed by atoms with Crippen molar-refractivity contribution < 1.29 is 18.8 Å². The zero-order chi connectivity index (χ0) is 21.0. The van der Waals surface area contributed by atoms with Gasteiger partial charge in [-0.3, -0.25) is 24.9 Å². The van der Waals surface area contributed by atoms with Gasteiger partial charge in [-0.05, 0) is 30.0 Å². The smallest absolute Gasteiger partial charge is 0.324 e. The quantitative estimate of drug-likeness (QED) is 0.580. The number of H-pyrrole nitrogens is 1. The van der Waals surface area contributed by atoms with Crippen molar-refractivity contribution in [1.29, 1.82) is 0 Å². The largest absolute Gasteiger partial charge is 0.325 e. The lowest BCUT2D eigenvalue weighted by Crippen LogP contribution is -2.35. The Bertz CT molecular complexity index is 913. The van der Waals surface area contributed by atoms with E-state index in [1.54, 1.807) is 12.1 Å². The van der Waals surface area contributed by atoms with E-state index in [0.717, 1.165) is 4.90 Å². The number of carbonyl (C=O) groups excluding carboxylic acids is 3. The Balaban J connectivity index is 1.52. The van der Waals surface area contributed by atoms with Crippen LogP contribution in [0.3, 0.4) is 0 Å². The highest BCUT2D eigenvalue weighted by atomic mass is 19.1. The molecule has 0 radical (unpaired) electrons. The van der Waals surface area contributed by atoms with Gasteiger partial charge in [-0.15, -0.1) is 5.10 Å². The molecule has 0 aliphatic carbocycles. The van der Waals surface area contributed by atoms with Gasteiger partial charge in [-0.25, -0.2) is 9.18 Å². The first-order chi connectivity index (χ1) is 13.8. The van der Waals surface area contributed by atoms with E-state index in [1.807, 2.05) is 13.8 Å². The van der Waals surface area contributed by atoms with E-state index in [4.69, 9.17) is 0 Å². The third-order valence-electron chi connectivity index (χ3n) is 4.39. The number of benzene rings is 1. The Labute approximate surface area is 167 Å². The molecular weight excluding hydrogens is 379 g/mol. The maximum atomic E-state index is 13.3. The van der Waals surface area contributed by atoms with E-state index in [9.17, 15) is 18.8 Å². The minimum atomic E-state index is -0.955. The number of urea groups is 1. The minimum absolute atomic E-state index is 0.103. The predicted octanol–water partition coefficient (Wildman–Crippen LogP) is 1.63. The number of amides is 4. The van der Waals surface area contributed by atoms with Crippen molar-refractivity contribution in [3.63, 3.8) is 0 Å². The van der Waals surface area contributed by atoms with E-state index in [1.165, 1.54) is 12.1 Å². The Hall–Kier alpha value is -3.30. The summed E-state index contributed by atoms with van der Waals surface area (Å²) in [6.45, 7) is 4.18. The van der Waals surface area contributed by atoms with Gasteiger partial charge in [-0.1, -0.05) is 26.0 Å². The molecule has 0 bridgehead atoms. The molecule has 154 valence electrons. The summed E-state index contributed by atoms with van der Waals surface area (Å²) in [6, 6.07) is 4.45. The van der Waals surface area contributed by atoms with Crippen molar-refractivity contribution in [2.24, 2.45) is 5.92 Å². The molecule has 3 N–H and O–H groups in total. The van der Waals surface area contributed by atoms with Gasteiger partial charge >= 0.3 is 6.03 Å². The summed E-state index contributed by atoms with van der Waals surface area (Å²) >= 11 is 0. The summed E-state index contributed by atoms with van der Waals surface area (Å²) in [6.07, 6.45) is 0.793. The van der Waals surface area contributed by atoms with E-state index in [2.05, 4.69) is 25.8 Å². The normalized spacial score (nSPS) is 16.4. The van der Waals surface area contributed by atoms with Crippen molar-refractivity contribution in [3.05, 3.63) is 41.5 Å². The molecule has 9 nitrogen and oxygen atoms in total. The molecule has 2 aromatic rings. The zero-order valence-electron chi connectivity index (χ0n) is 16.2.